The highest BCUT2D eigenvalue weighted by Crippen LogP contribution is 2.34. The first kappa shape index (κ1) is 17.9. The van der Waals surface area contributed by atoms with Gasteiger partial charge in [0, 0.05) is 51.9 Å². The van der Waals surface area contributed by atoms with Crippen LogP contribution in [0.1, 0.15) is 23.7 Å². The Balaban J connectivity index is 1.91. The summed E-state index contributed by atoms with van der Waals surface area (Å²) in [6.45, 7) is 4.07. The first-order valence-electron chi connectivity index (χ1n) is 8.57. The second-order valence-electron chi connectivity index (χ2n) is 6.88. The normalized spacial score (nSPS) is 15.5. The molecule has 0 unspecified atom stereocenters. The van der Waals surface area contributed by atoms with E-state index in [2.05, 4.69) is 41.8 Å². The predicted molar refractivity (Wildman–Crippen MR) is 113 cm³/mol. The van der Waals surface area contributed by atoms with E-state index < -0.39 is 0 Å². The van der Waals surface area contributed by atoms with Crippen LogP contribution in [0.3, 0.4) is 0 Å². The highest BCUT2D eigenvalue weighted by atomic mass is 35.5. The van der Waals surface area contributed by atoms with Crippen molar-refractivity contribution in [1.29, 1.82) is 0 Å². The van der Waals surface area contributed by atoms with Gasteiger partial charge in [-0.25, -0.2) is 0 Å². The van der Waals surface area contributed by atoms with E-state index in [9.17, 15) is 0 Å². The van der Waals surface area contributed by atoms with Crippen molar-refractivity contribution in [1.82, 2.24) is 9.47 Å². The van der Waals surface area contributed by atoms with Crippen LogP contribution in [0.15, 0.2) is 36.4 Å². The van der Waals surface area contributed by atoms with E-state index in [1.54, 1.807) is 6.07 Å². The molecule has 0 saturated carbocycles. The highest BCUT2D eigenvalue weighted by Gasteiger charge is 2.22. The lowest BCUT2D eigenvalue weighted by molar-refractivity contribution is 0.312. The van der Waals surface area contributed by atoms with Crippen LogP contribution in [0.2, 0.25) is 15.1 Å². The third kappa shape index (κ3) is 3.16. The Kier molecular flexibility index (Phi) is 4.79. The number of halogens is 3. The maximum absolute atomic E-state index is 6.41. The molecule has 0 spiro atoms. The number of allylic oxidation sites excluding steroid dienone is 1. The summed E-state index contributed by atoms with van der Waals surface area (Å²) >= 11 is 18.7. The predicted octanol–water partition coefficient (Wildman–Crippen LogP) is 6.61. The zero-order valence-electron chi connectivity index (χ0n) is 14.7. The van der Waals surface area contributed by atoms with Crippen molar-refractivity contribution in [3.63, 3.8) is 0 Å². The van der Waals surface area contributed by atoms with Crippen LogP contribution in [-0.4, -0.2) is 23.1 Å². The van der Waals surface area contributed by atoms with Gasteiger partial charge in [-0.15, -0.1) is 0 Å². The topological polar surface area (TPSA) is 8.17 Å². The minimum Gasteiger partial charge on any atom is -0.320 e. The van der Waals surface area contributed by atoms with Gasteiger partial charge in [-0.05, 0) is 61.0 Å². The van der Waals surface area contributed by atoms with Crippen LogP contribution in [0, 0.1) is 0 Å². The molecule has 0 amide bonds. The van der Waals surface area contributed by atoms with Crippen molar-refractivity contribution in [2.75, 3.05) is 13.6 Å². The average Bonchev–Trinajstić information content (AvgIpc) is 2.87. The Hall–Kier alpha value is -1.45. The van der Waals surface area contributed by atoms with E-state index in [-0.39, 0.29) is 0 Å². The first-order chi connectivity index (χ1) is 12.4. The minimum atomic E-state index is 0.646. The number of hydrogen-bond acceptors (Lipinski definition) is 1. The molecule has 4 rings (SSSR count). The summed E-state index contributed by atoms with van der Waals surface area (Å²) in [5, 5.41) is 3.31. The summed E-state index contributed by atoms with van der Waals surface area (Å²) in [6.07, 6.45) is 3.19. The summed E-state index contributed by atoms with van der Waals surface area (Å²) < 4.78 is 2.30. The summed E-state index contributed by atoms with van der Waals surface area (Å²) in [5.41, 5.74) is 5.99. The molecule has 0 aliphatic carbocycles. The van der Waals surface area contributed by atoms with Crippen molar-refractivity contribution in [3.05, 3.63) is 68.3 Å². The Morgan fingerprint density at radius 3 is 2.54 bits per heavy atom. The molecule has 0 saturated heterocycles. The van der Waals surface area contributed by atoms with E-state index in [1.807, 2.05) is 18.2 Å². The van der Waals surface area contributed by atoms with Gasteiger partial charge in [0.2, 0.25) is 0 Å². The van der Waals surface area contributed by atoms with E-state index in [0.29, 0.717) is 10.0 Å². The third-order valence-electron chi connectivity index (χ3n) is 5.02. The van der Waals surface area contributed by atoms with E-state index in [4.69, 9.17) is 34.8 Å². The molecule has 2 nitrogen and oxygen atoms in total. The number of benzene rings is 2. The summed E-state index contributed by atoms with van der Waals surface area (Å²) in [5.74, 6) is 0. The van der Waals surface area contributed by atoms with Gasteiger partial charge in [0.25, 0.3) is 0 Å². The van der Waals surface area contributed by atoms with Gasteiger partial charge < -0.3 is 9.47 Å². The maximum Gasteiger partial charge on any atom is 0.0529 e. The molecular formula is C21H19Cl3N2. The van der Waals surface area contributed by atoms with Gasteiger partial charge in [-0.2, -0.15) is 0 Å². The zero-order valence-corrected chi connectivity index (χ0v) is 17.0. The number of nitrogens with zero attached hydrogens (tertiary/aromatic N) is 2. The van der Waals surface area contributed by atoms with Crippen LogP contribution in [0.25, 0.3) is 22.7 Å². The molecule has 0 atom stereocenters. The quantitative estimate of drug-likeness (QED) is 0.466. The SMILES string of the molecule is CC(=Cn1c2c(c3cc(Cl)ccc31)CN(C)CC2)c1ccc(Cl)cc1Cl. The number of hydrogen-bond donors (Lipinski definition) is 0. The van der Waals surface area contributed by atoms with Crippen LogP contribution in [-0.2, 0) is 13.0 Å². The number of rotatable bonds is 2. The fourth-order valence-corrected chi connectivity index (χ4v) is 4.45. The number of likely N-dealkylation sites (N-methyl/N-ethyl adjacent to an activating group) is 1. The lowest BCUT2D eigenvalue weighted by Crippen LogP contribution is -2.26. The van der Waals surface area contributed by atoms with E-state index in [0.717, 1.165) is 35.7 Å². The van der Waals surface area contributed by atoms with Crippen molar-refractivity contribution in [2.24, 2.45) is 0 Å². The highest BCUT2D eigenvalue weighted by molar-refractivity contribution is 6.35. The second-order valence-corrected chi connectivity index (χ2v) is 8.16. The number of fused-ring (bicyclic) bond motifs is 3. The van der Waals surface area contributed by atoms with Crippen molar-refractivity contribution in [3.8, 4) is 0 Å². The van der Waals surface area contributed by atoms with Crippen LogP contribution < -0.4 is 0 Å². The van der Waals surface area contributed by atoms with Crippen LogP contribution >= 0.6 is 34.8 Å². The molecule has 134 valence electrons. The van der Waals surface area contributed by atoms with Gasteiger partial charge in [-0.3, -0.25) is 0 Å². The molecule has 0 fully saturated rings. The standard InChI is InChI=1S/C21H19Cl3N2/c1-13(16-5-3-15(23)10-19(16)24)11-26-20-6-4-14(22)9-17(20)18-12-25(2)8-7-21(18)26/h3-6,9-11H,7-8,12H2,1-2H3. The smallest absolute Gasteiger partial charge is 0.0529 e. The molecule has 1 aliphatic heterocycles. The van der Waals surface area contributed by atoms with Gasteiger partial charge >= 0.3 is 0 Å². The molecule has 2 aromatic carbocycles. The van der Waals surface area contributed by atoms with E-state index in [1.165, 1.54) is 22.2 Å². The Labute approximate surface area is 168 Å². The van der Waals surface area contributed by atoms with Crippen molar-refractivity contribution in [2.45, 2.75) is 19.9 Å². The lowest BCUT2D eigenvalue weighted by atomic mass is 10.1. The van der Waals surface area contributed by atoms with Crippen LogP contribution in [0.5, 0.6) is 0 Å². The molecule has 3 aromatic rings. The van der Waals surface area contributed by atoms with Gasteiger partial charge in [0.15, 0.2) is 0 Å². The summed E-state index contributed by atoms with van der Waals surface area (Å²) in [7, 11) is 2.16. The van der Waals surface area contributed by atoms with Crippen molar-refractivity contribution >= 4 is 57.5 Å². The summed E-state index contributed by atoms with van der Waals surface area (Å²) in [6, 6.07) is 11.8. The average molecular weight is 406 g/mol. The van der Waals surface area contributed by atoms with Gasteiger partial charge in [0.05, 0.1) is 5.52 Å². The Bertz CT molecular complexity index is 1030. The van der Waals surface area contributed by atoms with Gasteiger partial charge in [-0.1, -0.05) is 40.9 Å². The van der Waals surface area contributed by atoms with Gasteiger partial charge in [0.1, 0.15) is 0 Å². The fourth-order valence-electron chi connectivity index (χ4n) is 3.72. The fraction of sp³-hybridized carbons (Fsp3) is 0.238. The first-order valence-corrected chi connectivity index (χ1v) is 9.71. The van der Waals surface area contributed by atoms with Crippen LogP contribution in [0.4, 0.5) is 0 Å². The minimum absolute atomic E-state index is 0.646. The molecule has 5 heteroatoms. The molecule has 26 heavy (non-hydrogen) atoms. The molecule has 1 aliphatic rings. The maximum atomic E-state index is 6.41. The molecular weight excluding hydrogens is 387 g/mol. The van der Waals surface area contributed by atoms with Crippen molar-refractivity contribution < 1.29 is 0 Å². The molecule has 2 heterocycles. The van der Waals surface area contributed by atoms with E-state index >= 15 is 0 Å². The summed E-state index contributed by atoms with van der Waals surface area (Å²) in [4.78, 5) is 2.35. The second kappa shape index (κ2) is 6.94. The molecule has 1 aromatic heterocycles. The Morgan fingerprint density at radius 2 is 1.77 bits per heavy atom. The number of aromatic nitrogens is 1. The molecule has 0 N–H and O–H groups in total. The zero-order chi connectivity index (χ0) is 18.4. The molecule has 0 bridgehead atoms. The Morgan fingerprint density at radius 1 is 1.04 bits per heavy atom. The molecule has 0 radical (unpaired) electrons. The largest absolute Gasteiger partial charge is 0.320 e. The third-order valence-corrected chi connectivity index (χ3v) is 5.80. The lowest BCUT2D eigenvalue weighted by Gasteiger charge is -2.23. The monoisotopic (exact) mass is 404 g/mol.